The van der Waals surface area contributed by atoms with Gasteiger partial charge in [0.05, 0.1) is 10.6 Å². The van der Waals surface area contributed by atoms with Gasteiger partial charge < -0.3 is 4.90 Å². The molecule has 24 heavy (non-hydrogen) atoms. The summed E-state index contributed by atoms with van der Waals surface area (Å²) in [6, 6.07) is 13.2. The van der Waals surface area contributed by atoms with Crippen LogP contribution in [-0.4, -0.2) is 32.3 Å². The topological polar surface area (TPSA) is 66.5 Å². The van der Waals surface area contributed by atoms with Gasteiger partial charge in [0.2, 0.25) is 0 Å². The average Bonchev–Trinajstić information content (AvgIpc) is 2.58. The van der Waals surface area contributed by atoms with Crippen LogP contribution in [0.25, 0.3) is 0 Å². The molecule has 0 aliphatic carbocycles. The van der Waals surface area contributed by atoms with Crippen molar-refractivity contribution >= 4 is 21.6 Å². The number of anilines is 1. The maximum Gasteiger partial charge on any atom is 0.261 e. The third-order valence-corrected chi connectivity index (χ3v) is 5.23. The maximum absolute atomic E-state index is 12.5. The number of hydrogen-bond donors (Lipinski definition) is 1. The first-order valence-corrected chi connectivity index (χ1v) is 9.35. The fourth-order valence-corrected chi connectivity index (χ4v) is 3.49. The Morgan fingerprint density at radius 3 is 2.12 bits per heavy atom. The molecule has 0 saturated carbocycles. The molecule has 1 amide bonds. The minimum Gasteiger partial charge on any atom is -0.339 e. The number of aryl methyl sites for hydroxylation is 1. The summed E-state index contributed by atoms with van der Waals surface area (Å²) in [7, 11) is -3.68. The Kier molecular flexibility index (Phi) is 5.62. The second-order valence-corrected chi connectivity index (χ2v) is 7.10. The van der Waals surface area contributed by atoms with Gasteiger partial charge in [-0.3, -0.25) is 9.52 Å². The largest absolute Gasteiger partial charge is 0.339 e. The molecule has 0 saturated heterocycles. The predicted molar refractivity (Wildman–Crippen MR) is 95.7 cm³/mol. The molecule has 0 unspecified atom stereocenters. The lowest BCUT2D eigenvalue weighted by Gasteiger charge is -2.18. The number of rotatable bonds is 6. The smallest absolute Gasteiger partial charge is 0.261 e. The molecule has 1 N–H and O–H groups in total. The SMILES string of the molecule is CCN(CC)C(=O)c1ccc(S(=O)(=O)Nc2ccccc2C)cc1. The van der Waals surface area contributed by atoms with Crippen LogP contribution in [0.1, 0.15) is 29.8 Å². The summed E-state index contributed by atoms with van der Waals surface area (Å²) < 4.78 is 27.5. The second-order valence-electron chi connectivity index (χ2n) is 5.42. The number of nitrogens with one attached hydrogen (secondary N) is 1. The summed E-state index contributed by atoms with van der Waals surface area (Å²) in [5.41, 5.74) is 1.86. The number of nitrogens with zero attached hydrogens (tertiary/aromatic N) is 1. The lowest BCUT2D eigenvalue weighted by Crippen LogP contribution is -2.30. The summed E-state index contributed by atoms with van der Waals surface area (Å²) in [4.78, 5) is 14.1. The lowest BCUT2D eigenvalue weighted by atomic mass is 10.2. The first-order chi connectivity index (χ1) is 11.4. The van der Waals surface area contributed by atoms with Gasteiger partial charge in [-0.2, -0.15) is 0 Å². The van der Waals surface area contributed by atoms with Crippen LogP contribution in [0.4, 0.5) is 5.69 Å². The molecule has 2 aromatic carbocycles. The second kappa shape index (κ2) is 7.49. The summed E-state index contributed by atoms with van der Waals surface area (Å²) in [5, 5.41) is 0. The Morgan fingerprint density at radius 2 is 1.58 bits per heavy atom. The predicted octanol–water partition coefficient (Wildman–Crippen LogP) is 3.28. The first-order valence-electron chi connectivity index (χ1n) is 7.86. The van der Waals surface area contributed by atoms with Crippen molar-refractivity contribution in [1.29, 1.82) is 0 Å². The van der Waals surface area contributed by atoms with E-state index in [1.165, 1.54) is 12.1 Å². The molecule has 0 spiro atoms. The number of benzene rings is 2. The molecule has 5 nitrogen and oxygen atoms in total. The van der Waals surface area contributed by atoms with E-state index in [-0.39, 0.29) is 10.8 Å². The molecule has 2 aromatic rings. The molecular formula is C18H22N2O3S. The number of hydrogen-bond acceptors (Lipinski definition) is 3. The number of para-hydroxylation sites is 1. The zero-order chi connectivity index (χ0) is 17.7. The third kappa shape index (κ3) is 3.94. The average molecular weight is 346 g/mol. The highest BCUT2D eigenvalue weighted by Gasteiger charge is 2.17. The Balaban J connectivity index is 2.23. The molecule has 0 atom stereocenters. The van der Waals surface area contributed by atoms with Crippen molar-refractivity contribution in [3.05, 3.63) is 59.7 Å². The minimum absolute atomic E-state index is 0.101. The first kappa shape index (κ1) is 18.0. The summed E-state index contributed by atoms with van der Waals surface area (Å²) in [6.07, 6.45) is 0. The minimum atomic E-state index is -3.68. The third-order valence-electron chi connectivity index (χ3n) is 3.85. The monoisotopic (exact) mass is 346 g/mol. The quantitative estimate of drug-likeness (QED) is 0.873. The van der Waals surface area contributed by atoms with Gasteiger partial charge in [-0.25, -0.2) is 8.42 Å². The van der Waals surface area contributed by atoms with Gasteiger partial charge in [0.25, 0.3) is 15.9 Å². The Morgan fingerprint density at radius 1 is 1.00 bits per heavy atom. The summed E-state index contributed by atoms with van der Waals surface area (Å²) >= 11 is 0. The van der Waals surface area contributed by atoms with E-state index in [2.05, 4.69) is 4.72 Å². The van der Waals surface area contributed by atoms with E-state index in [1.54, 1.807) is 29.2 Å². The zero-order valence-corrected chi connectivity index (χ0v) is 14.9. The van der Waals surface area contributed by atoms with E-state index in [0.717, 1.165) is 5.56 Å². The fraction of sp³-hybridized carbons (Fsp3) is 0.278. The van der Waals surface area contributed by atoms with E-state index < -0.39 is 10.0 Å². The highest BCUT2D eigenvalue weighted by molar-refractivity contribution is 7.92. The van der Waals surface area contributed by atoms with Crippen molar-refractivity contribution in [2.45, 2.75) is 25.7 Å². The van der Waals surface area contributed by atoms with Crippen LogP contribution < -0.4 is 4.72 Å². The van der Waals surface area contributed by atoms with Crippen LogP contribution in [0.15, 0.2) is 53.4 Å². The standard InChI is InChI=1S/C18H22N2O3S/c1-4-20(5-2)18(21)15-10-12-16(13-11-15)24(22,23)19-17-9-7-6-8-14(17)3/h6-13,19H,4-5H2,1-3H3. The fourth-order valence-electron chi connectivity index (χ4n) is 2.36. The number of sulfonamides is 1. The molecule has 0 radical (unpaired) electrons. The van der Waals surface area contributed by atoms with Gasteiger partial charge >= 0.3 is 0 Å². The van der Waals surface area contributed by atoms with E-state index in [4.69, 9.17) is 0 Å². The summed E-state index contributed by atoms with van der Waals surface area (Å²) in [6.45, 7) is 6.89. The Bertz CT molecular complexity index is 810. The lowest BCUT2D eigenvalue weighted by molar-refractivity contribution is 0.0773. The molecule has 0 heterocycles. The Hall–Kier alpha value is -2.34. The molecule has 0 bridgehead atoms. The van der Waals surface area contributed by atoms with Crippen molar-refractivity contribution in [2.75, 3.05) is 17.8 Å². The van der Waals surface area contributed by atoms with Crippen molar-refractivity contribution < 1.29 is 13.2 Å². The number of carbonyl (C=O) groups excluding carboxylic acids is 1. The van der Waals surface area contributed by atoms with E-state index >= 15 is 0 Å². The van der Waals surface area contributed by atoms with Crippen molar-refractivity contribution in [3.8, 4) is 0 Å². The zero-order valence-electron chi connectivity index (χ0n) is 14.1. The normalized spacial score (nSPS) is 11.1. The van der Waals surface area contributed by atoms with Crippen molar-refractivity contribution in [3.63, 3.8) is 0 Å². The van der Waals surface area contributed by atoms with Crippen LogP contribution >= 0.6 is 0 Å². The van der Waals surface area contributed by atoms with Gasteiger partial charge in [0.15, 0.2) is 0 Å². The molecular weight excluding hydrogens is 324 g/mol. The molecule has 128 valence electrons. The molecule has 6 heteroatoms. The highest BCUT2D eigenvalue weighted by atomic mass is 32.2. The van der Waals surface area contributed by atoms with E-state index in [1.807, 2.05) is 32.9 Å². The molecule has 0 fully saturated rings. The van der Waals surface area contributed by atoms with Crippen LogP contribution in [-0.2, 0) is 10.0 Å². The number of carbonyl (C=O) groups is 1. The van der Waals surface area contributed by atoms with Crippen molar-refractivity contribution in [1.82, 2.24) is 4.90 Å². The van der Waals surface area contributed by atoms with E-state index in [9.17, 15) is 13.2 Å². The summed E-state index contributed by atoms with van der Waals surface area (Å²) in [5.74, 6) is -0.101. The van der Waals surface area contributed by atoms with Crippen LogP contribution in [0.2, 0.25) is 0 Å². The highest BCUT2D eigenvalue weighted by Crippen LogP contribution is 2.20. The van der Waals surface area contributed by atoms with Gasteiger partial charge in [0, 0.05) is 18.7 Å². The molecule has 0 aromatic heterocycles. The van der Waals surface area contributed by atoms with Gasteiger partial charge in [-0.1, -0.05) is 18.2 Å². The maximum atomic E-state index is 12.5. The molecule has 0 aliphatic heterocycles. The number of amides is 1. The van der Waals surface area contributed by atoms with Gasteiger partial charge in [-0.15, -0.1) is 0 Å². The van der Waals surface area contributed by atoms with Crippen LogP contribution in [0, 0.1) is 6.92 Å². The van der Waals surface area contributed by atoms with Gasteiger partial charge in [-0.05, 0) is 56.7 Å². The molecule has 0 aliphatic rings. The van der Waals surface area contributed by atoms with Crippen molar-refractivity contribution in [2.24, 2.45) is 0 Å². The van der Waals surface area contributed by atoms with E-state index in [0.29, 0.717) is 24.3 Å². The molecule has 2 rings (SSSR count). The van der Waals surface area contributed by atoms with Crippen LogP contribution in [0.5, 0.6) is 0 Å². The Labute approximate surface area is 143 Å². The van der Waals surface area contributed by atoms with Gasteiger partial charge in [0.1, 0.15) is 0 Å². The van der Waals surface area contributed by atoms with Crippen LogP contribution in [0.3, 0.4) is 0 Å².